The van der Waals surface area contributed by atoms with Crippen molar-refractivity contribution in [1.29, 1.82) is 0 Å². The van der Waals surface area contributed by atoms with Crippen molar-refractivity contribution in [2.45, 2.75) is 146 Å². The fourth-order valence-corrected chi connectivity index (χ4v) is 13.5. The van der Waals surface area contributed by atoms with E-state index in [4.69, 9.17) is 48.5 Å². The molecule has 80 heavy (non-hydrogen) atoms. The van der Waals surface area contributed by atoms with E-state index in [0.717, 1.165) is 49.2 Å². The van der Waals surface area contributed by atoms with Gasteiger partial charge in [-0.1, -0.05) is 192 Å². The Kier molecular flexibility index (Phi) is 35.9. The molecule has 0 N–H and O–H groups in total. The van der Waals surface area contributed by atoms with E-state index in [9.17, 15) is 0 Å². The molecule has 0 saturated carbocycles. The summed E-state index contributed by atoms with van der Waals surface area (Å²) in [5.41, 5.74) is 15.8. The first-order valence-corrected chi connectivity index (χ1v) is 31.7. The van der Waals surface area contributed by atoms with Gasteiger partial charge in [0.1, 0.15) is 0 Å². The van der Waals surface area contributed by atoms with E-state index in [1.54, 1.807) is 11.3 Å². The molecular weight excluding hydrogens is 1110 g/mol. The van der Waals surface area contributed by atoms with E-state index in [0.29, 0.717) is 114 Å². The van der Waals surface area contributed by atoms with Crippen molar-refractivity contribution in [2.24, 2.45) is 10.8 Å². The molecule has 4 aromatic rings. The number of hydrogen-bond donors (Lipinski definition) is 0. The molecule has 10 nitrogen and oxygen atoms in total. The van der Waals surface area contributed by atoms with Crippen LogP contribution in [-0.4, -0.2) is 106 Å². The van der Waals surface area contributed by atoms with E-state index in [1.807, 2.05) is 0 Å². The van der Waals surface area contributed by atoms with E-state index >= 15 is 0 Å². The molecule has 4 aromatic carbocycles. The largest absolute Gasteiger partial charge is 1.00 e. The summed E-state index contributed by atoms with van der Waals surface area (Å²) in [6, 6.07) is 26.5. The Labute approximate surface area is 542 Å². The van der Waals surface area contributed by atoms with Crippen molar-refractivity contribution in [1.82, 2.24) is 0 Å². The van der Waals surface area contributed by atoms with Crippen molar-refractivity contribution in [3.63, 3.8) is 0 Å². The molecule has 4 saturated heterocycles. The van der Waals surface area contributed by atoms with Crippen molar-refractivity contribution in [3.8, 4) is 0 Å². The van der Waals surface area contributed by atoms with Crippen molar-refractivity contribution < 1.29 is 106 Å². The average molecular weight is 1200 g/mol. The van der Waals surface area contributed by atoms with Crippen LogP contribution in [0.25, 0.3) is 32.8 Å². The minimum atomic E-state index is 0. The molecule has 1 aliphatic carbocycles. The maximum atomic E-state index is 5.55. The number of hydrogen-bond acceptors (Lipinski definition) is 8. The van der Waals surface area contributed by atoms with E-state index in [-0.39, 0.29) is 68.5 Å². The summed E-state index contributed by atoms with van der Waals surface area (Å²) in [4.78, 5) is 0. The minimum Gasteiger partial charge on any atom is -0.658 e. The van der Waals surface area contributed by atoms with Crippen LogP contribution in [0.2, 0.25) is 0 Å². The first-order valence-electron chi connectivity index (χ1n) is 29.2. The second-order valence-electron chi connectivity index (χ2n) is 23.5. The van der Waals surface area contributed by atoms with Crippen LogP contribution in [0.15, 0.2) is 72.8 Å². The van der Waals surface area contributed by atoms with Gasteiger partial charge in [-0.2, -0.15) is 0 Å². The average Bonchev–Trinajstić information content (AvgIpc) is 4.21. The van der Waals surface area contributed by atoms with Gasteiger partial charge in [0.2, 0.25) is 0 Å². The Hall–Kier alpha value is -0.824. The second-order valence-corrected chi connectivity index (χ2v) is 26.0. The van der Waals surface area contributed by atoms with Crippen LogP contribution in [0.4, 0.5) is 11.4 Å². The molecule has 0 aromatic heterocycles. The van der Waals surface area contributed by atoms with Crippen LogP contribution in [0, 0.1) is 22.1 Å². The summed E-state index contributed by atoms with van der Waals surface area (Å²) < 4.78 is 41.9. The third kappa shape index (κ3) is 24.1. The van der Waals surface area contributed by atoms with Crippen LogP contribution >= 0.6 is 16.5 Å². The molecule has 0 bridgehead atoms. The number of para-hydroxylation sites is 2. The molecule has 0 amide bonds. The topological polar surface area (TPSA) is 102 Å². The molecule has 0 atom stereocenters. The van der Waals surface area contributed by atoms with Gasteiger partial charge in [0.05, 0.1) is 79.3 Å². The molecule has 5 aliphatic rings. The smallest absolute Gasteiger partial charge is 0.658 e. The first kappa shape index (κ1) is 73.4. The normalized spacial score (nSPS) is 18.6. The Bertz CT molecular complexity index is 2100. The Morgan fingerprint density at radius 3 is 0.800 bits per heavy atom. The van der Waals surface area contributed by atoms with Crippen LogP contribution in [0.1, 0.15) is 180 Å². The van der Waals surface area contributed by atoms with Crippen molar-refractivity contribution in [3.05, 3.63) is 128 Å². The first-order chi connectivity index (χ1) is 37.4. The molecule has 0 spiro atoms. The van der Waals surface area contributed by atoms with Crippen molar-refractivity contribution in [2.75, 3.05) is 106 Å². The summed E-state index contributed by atoms with van der Waals surface area (Å²) in [6.45, 7) is 43.0. The maximum absolute atomic E-state index is 5.55. The Morgan fingerprint density at radius 2 is 0.600 bits per heavy atom. The van der Waals surface area contributed by atoms with Gasteiger partial charge in [-0.15, -0.1) is 22.8 Å². The molecule has 4 heterocycles. The standard InChI is InChI=1S/C36H40N2.C12H24O6.C10H18P2.2C4H8O.Fe.K/c1-21(2)26-15-11-16-27(22(3)4)33(26)37-35-30-19-9-13-25-14-10-20-31(32(25)30)36(35)38-34-28(23(5)6)17-12-18-29(34)24(7)8;1-2-14-5-6-16-9-10-18-12-11-17-8-7-15-4-3-13-1;1-9(2,3)7-8(12-11-7)10(4,5)6;2*1-2-4-5-3-1;;/h9-24H,1-8H3;1-12H2;1-6H3;2*1-4H2;;/q-2;;;;;;+1. The number of benzene rings is 4. The maximum Gasteiger partial charge on any atom is 1.00 e. The Morgan fingerprint density at radius 1 is 0.362 bits per heavy atom. The zero-order chi connectivity index (χ0) is 56.5. The zero-order valence-electron chi connectivity index (χ0n) is 51.8. The molecule has 0 unspecified atom stereocenters. The van der Waals surface area contributed by atoms with Gasteiger partial charge < -0.3 is 48.5 Å². The third-order valence-electron chi connectivity index (χ3n) is 13.6. The summed E-state index contributed by atoms with van der Waals surface area (Å²) in [7, 11) is 3.07. The Balaban J connectivity index is 0.000000328. The van der Waals surface area contributed by atoms with Gasteiger partial charge in [-0.3, -0.25) is 0 Å². The van der Waals surface area contributed by atoms with Gasteiger partial charge in [-0.05, 0) is 98.6 Å². The number of nitrogens with zero attached hydrogens (tertiary/aromatic N) is 2. The molecule has 440 valence electrons. The summed E-state index contributed by atoms with van der Waals surface area (Å²) in [5, 5.41) is 13.6. The summed E-state index contributed by atoms with van der Waals surface area (Å²) in [5.74, 6) is 1.51. The second kappa shape index (κ2) is 39.1. The summed E-state index contributed by atoms with van der Waals surface area (Å²) in [6.07, 6.45) is 5.11. The predicted octanol–water partition coefficient (Wildman–Crippen LogP) is 15.5. The summed E-state index contributed by atoms with van der Waals surface area (Å²) >= 11 is 0. The number of rotatable bonds is 8. The quantitative estimate of drug-likeness (QED) is 0.127. The van der Waals surface area contributed by atoms with Gasteiger partial charge >= 0.3 is 51.4 Å². The SMILES string of the molecule is C1CCOC1.C1CCOC1.C1COCCOCCOCCOCCOCCO1.CC(C)(C)[C]1[P][P][C]1C(C)(C)C.CC(C)c1cccc(C(C)C)c1[N-]C1=C([N-]c2c(C(C)C)cccc2C(C)C)c2cccc3cccc1c23.[Fe].[K+]. The van der Waals surface area contributed by atoms with Crippen LogP contribution < -0.4 is 51.4 Å². The number of ether oxygens (including phenoxy) is 8. The van der Waals surface area contributed by atoms with Gasteiger partial charge in [-0.25, -0.2) is 0 Å². The third-order valence-corrected chi connectivity index (χ3v) is 17.5. The van der Waals surface area contributed by atoms with Gasteiger partial charge in [0.15, 0.2) is 0 Å². The molecular formula is C66H98FeKN2O8P2-. The van der Waals surface area contributed by atoms with Crippen LogP contribution in [-0.2, 0) is 55.0 Å². The molecule has 4 aliphatic heterocycles. The van der Waals surface area contributed by atoms with E-state index in [1.165, 1.54) is 86.4 Å². The van der Waals surface area contributed by atoms with Crippen LogP contribution in [0.3, 0.4) is 0 Å². The monoisotopic (exact) mass is 1200 g/mol. The van der Waals surface area contributed by atoms with E-state index < -0.39 is 0 Å². The van der Waals surface area contributed by atoms with Crippen molar-refractivity contribution >= 4 is 50.1 Å². The fourth-order valence-electron chi connectivity index (χ4n) is 9.22. The van der Waals surface area contributed by atoms with Crippen LogP contribution in [0.5, 0.6) is 0 Å². The molecule has 9 rings (SSSR count). The molecule has 4 radical (unpaired) electrons. The predicted molar refractivity (Wildman–Crippen MR) is 330 cm³/mol. The molecule has 4 fully saturated rings. The van der Waals surface area contributed by atoms with E-state index in [2.05, 4.69) is 170 Å². The fraction of sp³-hybridized carbons (Fsp3) is 0.606. The molecule has 14 heteroatoms. The zero-order valence-corrected chi connectivity index (χ0v) is 57.8. The van der Waals surface area contributed by atoms with Gasteiger partial charge in [0, 0.05) is 54.8 Å². The van der Waals surface area contributed by atoms with Gasteiger partial charge in [0.25, 0.3) is 0 Å². The minimum absolute atomic E-state index is 0.